The van der Waals surface area contributed by atoms with Crippen molar-refractivity contribution in [3.8, 4) is 5.69 Å². The van der Waals surface area contributed by atoms with Gasteiger partial charge in [-0.1, -0.05) is 30.3 Å². The molecule has 2 N–H and O–H groups in total. The number of aromatic nitrogens is 4. The number of hydrogen-bond acceptors (Lipinski definition) is 7. The number of nitrogens with zero attached hydrogens (tertiary/aromatic N) is 5. The molecule has 0 atom stereocenters. The normalized spacial score (nSPS) is 13.6. The van der Waals surface area contributed by atoms with Crippen molar-refractivity contribution in [1.29, 1.82) is 0 Å². The maximum atomic E-state index is 14.4. The van der Waals surface area contributed by atoms with Crippen LogP contribution in [-0.2, 0) is 4.74 Å². The zero-order chi connectivity index (χ0) is 24.3. The third kappa shape index (κ3) is 4.44. The van der Waals surface area contributed by atoms with E-state index in [1.807, 2.05) is 47.0 Å². The maximum absolute atomic E-state index is 14.4. The van der Waals surface area contributed by atoms with E-state index >= 15 is 0 Å². The van der Waals surface area contributed by atoms with E-state index < -0.39 is 0 Å². The molecular formula is C27H24FN7O. The fourth-order valence-electron chi connectivity index (χ4n) is 4.23. The average molecular weight is 482 g/mol. The molecule has 0 bridgehead atoms. The van der Waals surface area contributed by atoms with Crippen LogP contribution in [0, 0.1) is 5.82 Å². The number of nitrogens with one attached hydrogen (secondary N) is 2. The fraction of sp³-hybridized carbons (Fsp3) is 0.148. The molecule has 1 fully saturated rings. The van der Waals surface area contributed by atoms with Gasteiger partial charge in [-0.15, -0.1) is 0 Å². The quantitative estimate of drug-likeness (QED) is 0.342. The minimum Gasteiger partial charge on any atom is -0.378 e. The smallest absolute Gasteiger partial charge is 0.229 e. The van der Waals surface area contributed by atoms with Crippen LogP contribution in [0.15, 0.2) is 85.1 Å². The Morgan fingerprint density at radius 3 is 2.31 bits per heavy atom. The molecule has 0 unspecified atom stereocenters. The summed E-state index contributed by atoms with van der Waals surface area (Å²) in [6, 6.07) is 24.4. The molecule has 0 saturated carbocycles. The van der Waals surface area contributed by atoms with Crippen molar-refractivity contribution in [2.45, 2.75) is 0 Å². The average Bonchev–Trinajstić information content (AvgIpc) is 3.28. The molecule has 5 aromatic rings. The maximum Gasteiger partial charge on any atom is 0.229 e. The lowest BCUT2D eigenvalue weighted by Gasteiger charge is -2.28. The van der Waals surface area contributed by atoms with Crippen molar-refractivity contribution in [3.05, 3.63) is 90.9 Å². The molecule has 9 heteroatoms. The number of anilines is 5. The Balaban J connectivity index is 1.33. The van der Waals surface area contributed by atoms with Gasteiger partial charge in [0.1, 0.15) is 11.3 Å². The lowest BCUT2D eigenvalue weighted by atomic mass is 10.2. The summed E-state index contributed by atoms with van der Waals surface area (Å²) in [5.41, 5.74) is 4.40. The Morgan fingerprint density at radius 2 is 1.53 bits per heavy atom. The molecule has 180 valence electrons. The van der Waals surface area contributed by atoms with Crippen LogP contribution in [0.1, 0.15) is 0 Å². The van der Waals surface area contributed by atoms with Gasteiger partial charge in [-0.25, -0.2) is 14.4 Å². The molecule has 8 nitrogen and oxygen atoms in total. The lowest BCUT2D eigenvalue weighted by molar-refractivity contribution is 0.122. The molecule has 0 aliphatic carbocycles. The number of halogens is 1. The molecule has 0 spiro atoms. The van der Waals surface area contributed by atoms with E-state index in [0.29, 0.717) is 28.7 Å². The predicted octanol–water partition coefficient (Wildman–Crippen LogP) is 5.28. The molecule has 0 amide bonds. The Hall–Kier alpha value is -4.50. The summed E-state index contributed by atoms with van der Waals surface area (Å²) in [6.07, 6.45) is 1.67. The fourth-order valence-corrected chi connectivity index (χ4v) is 4.23. The van der Waals surface area contributed by atoms with Crippen LogP contribution < -0.4 is 15.5 Å². The number of morpholine rings is 1. The van der Waals surface area contributed by atoms with Crippen LogP contribution in [0.25, 0.3) is 16.9 Å². The van der Waals surface area contributed by atoms with Gasteiger partial charge in [0.05, 0.1) is 30.8 Å². The van der Waals surface area contributed by atoms with Crippen molar-refractivity contribution in [2.75, 3.05) is 41.8 Å². The van der Waals surface area contributed by atoms with Gasteiger partial charge in [-0.3, -0.25) is 4.57 Å². The largest absolute Gasteiger partial charge is 0.378 e. The molecular weight excluding hydrogens is 457 g/mol. The monoisotopic (exact) mass is 481 g/mol. The SMILES string of the molecule is Fc1ccccc1Nc1nc2cnc(Nc3ccc(N4CCOCC4)cc3)nc2n1-c1ccccc1. The van der Waals surface area contributed by atoms with Crippen molar-refractivity contribution >= 4 is 40.1 Å². The number of rotatable bonds is 6. The van der Waals surface area contributed by atoms with E-state index in [-0.39, 0.29) is 5.82 Å². The zero-order valence-electron chi connectivity index (χ0n) is 19.4. The third-order valence-electron chi connectivity index (χ3n) is 6.03. The lowest BCUT2D eigenvalue weighted by Crippen LogP contribution is -2.36. The molecule has 3 aromatic carbocycles. The van der Waals surface area contributed by atoms with Crippen molar-refractivity contribution in [2.24, 2.45) is 0 Å². The Labute approximate surface area is 207 Å². The van der Waals surface area contributed by atoms with Gasteiger partial charge in [0, 0.05) is 24.5 Å². The highest BCUT2D eigenvalue weighted by atomic mass is 19.1. The summed E-state index contributed by atoms with van der Waals surface area (Å²) in [5, 5.41) is 6.40. The molecule has 1 saturated heterocycles. The second-order valence-corrected chi connectivity index (χ2v) is 8.38. The van der Waals surface area contributed by atoms with E-state index in [0.717, 1.165) is 43.4 Å². The van der Waals surface area contributed by atoms with Gasteiger partial charge < -0.3 is 20.3 Å². The Morgan fingerprint density at radius 1 is 0.778 bits per heavy atom. The Bertz CT molecular complexity index is 1480. The highest BCUT2D eigenvalue weighted by Crippen LogP contribution is 2.28. The summed E-state index contributed by atoms with van der Waals surface area (Å²) in [6.45, 7) is 3.27. The van der Waals surface area contributed by atoms with E-state index in [4.69, 9.17) is 9.72 Å². The van der Waals surface area contributed by atoms with Crippen LogP contribution in [0.2, 0.25) is 0 Å². The summed E-state index contributed by atoms with van der Waals surface area (Å²) in [7, 11) is 0. The first-order valence-electron chi connectivity index (χ1n) is 11.8. The van der Waals surface area contributed by atoms with Crippen molar-refractivity contribution < 1.29 is 9.13 Å². The predicted molar refractivity (Wildman–Crippen MR) is 139 cm³/mol. The second-order valence-electron chi connectivity index (χ2n) is 8.38. The molecule has 2 aromatic heterocycles. The number of imidazole rings is 1. The highest BCUT2D eigenvalue weighted by Gasteiger charge is 2.17. The van der Waals surface area contributed by atoms with Gasteiger partial charge in [0.25, 0.3) is 0 Å². The summed E-state index contributed by atoms with van der Waals surface area (Å²) in [5.74, 6) is 0.525. The first-order chi connectivity index (χ1) is 17.7. The van der Waals surface area contributed by atoms with Crippen LogP contribution in [0.5, 0.6) is 0 Å². The zero-order valence-corrected chi connectivity index (χ0v) is 19.4. The molecule has 1 aliphatic rings. The van der Waals surface area contributed by atoms with Crippen LogP contribution in [0.3, 0.4) is 0 Å². The number of para-hydroxylation sites is 2. The highest BCUT2D eigenvalue weighted by molar-refractivity contribution is 5.79. The van der Waals surface area contributed by atoms with Gasteiger partial charge in [0.15, 0.2) is 5.65 Å². The van der Waals surface area contributed by atoms with Gasteiger partial charge in [-0.2, -0.15) is 4.98 Å². The van der Waals surface area contributed by atoms with Gasteiger partial charge in [-0.05, 0) is 48.5 Å². The van der Waals surface area contributed by atoms with E-state index in [2.05, 4.69) is 37.6 Å². The number of benzene rings is 3. The Kier molecular flexibility index (Phi) is 5.88. The number of ether oxygens (including phenoxy) is 1. The number of hydrogen-bond donors (Lipinski definition) is 2. The van der Waals surface area contributed by atoms with Crippen LogP contribution >= 0.6 is 0 Å². The minimum absolute atomic E-state index is 0.330. The third-order valence-corrected chi connectivity index (χ3v) is 6.03. The molecule has 1 aliphatic heterocycles. The molecule has 36 heavy (non-hydrogen) atoms. The topological polar surface area (TPSA) is 80.1 Å². The van der Waals surface area contributed by atoms with Crippen LogP contribution in [0.4, 0.5) is 33.3 Å². The van der Waals surface area contributed by atoms with Crippen LogP contribution in [-0.4, -0.2) is 45.8 Å². The van der Waals surface area contributed by atoms with Crippen molar-refractivity contribution in [3.63, 3.8) is 0 Å². The van der Waals surface area contributed by atoms with E-state index in [1.54, 1.807) is 24.4 Å². The number of fused-ring (bicyclic) bond motifs is 1. The summed E-state index contributed by atoms with van der Waals surface area (Å²) in [4.78, 5) is 16.2. The minimum atomic E-state index is -0.363. The summed E-state index contributed by atoms with van der Waals surface area (Å²) < 4.78 is 21.7. The first-order valence-corrected chi connectivity index (χ1v) is 11.8. The molecule has 6 rings (SSSR count). The molecule has 0 radical (unpaired) electrons. The summed E-state index contributed by atoms with van der Waals surface area (Å²) >= 11 is 0. The van der Waals surface area contributed by atoms with Gasteiger partial charge >= 0.3 is 0 Å². The molecule has 3 heterocycles. The van der Waals surface area contributed by atoms with Crippen molar-refractivity contribution in [1.82, 2.24) is 19.5 Å². The first kappa shape index (κ1) is 22.0. The van der Waals surface area contributed by atoms with E-state index in [9.17, 15) is 4.39 Å². The standard InChI is InChI=1S/C27H24FN7O/c28-22-8-4-5-9-23(22)31-27-32-24-18-29-26(33-25(24)35(27)21-6-2-1-3-7-21)30-19-10-12-20(13-11-19)34-14-16-36-17-15-34/h1-13,18H,14-17H2,(H,31,32)(H,29,30,33). The van der Waals surface area contributed by atoms with E-state index in [1.165, 1.54) is 6.07 Å². The second kappa shape index (κ2) is 9.63. The van der Waals surface area contributed by atoms with Gasteiger partial charge in [0.2, 0.25) is 11.9 Å².